The van der Waals surface area contributed by atoms with E-state index in [1.54, 1.807) is 0 Å². The topological polar surface area (TPSA) is 163 Å². The number of carbonyl (C=O) groups is 2. The summed E-state index contributed by atoms with van der Waals surface area (Å²) in [5, 5.41) is 34.1. The van der Waals surface area contributed by atoms with Crippen LogP contribution in [0.25, 0.3) is 10.8 Å². The summed E-state index contributed by atoms with van der Waals surface area (Å²) < 4.78 is 30.6. The zero-order valence-electron chi connectivity index (χ0n) is 16.9. The van der Waals surface area contributed by atoms with E-state index in [4.69, 9.17) is 4.18 Å². The normalized spacial score (nSPS) is 11.1. The summed E-state index contributed by atoms with van der Waals surface area (Å²) in [6.45, 7) is 2.34. The molecule has 0 aliphatic carbocycles. The molecule has 3 aromatic carbocycles. The number of aromatic hydroxyl groups is 3. The maximum Gasteiger partial charge on any atom is 0.340 e. The lowest BCUT2D eigenvalue weighted by Crippen LogP contribution is -2.20. The standard InChI is InChI=1S/C21H18N2O8S/c1-11(24)19(12(2)25)23-22-15-10-9-13-14(20(15)28)5-3-8-18(13)32(29,30)31-21-16(26)6-4-7-17(21)27/h3-10,22,26-28H,1-2H3. The summed E-state index contributed by atoms with van der Waals surface area (Å²) in [5.74, 6) is -3.31. The van der Waals surface area contributed by atoms with Gasteiger partial charge in [0.25, 0.3) is 0 Å². The third kappa shape index (κ3) is 4.32. The van der Waals surface area contributed by atoms with Crippen molar-refractivity contribution in [2.75, 3.05) is 5.43 Å². The second kappa shape index (κ2) is 8.55. The quantitative estimate of drug-likeness (QED) is 0.137. The van der Waals surface area contributed by atoms with Crippen LogP contribution in [0.2, 0.25) is 0 Å². The minimum absolute atomic E-state index is 0.0197. The molecule has 0 aliphatic rings. The summed E-state index contributed by atoms with van der Waals surface area (Å²) in [6.07, 6.45) is 0. The van der Waals surface area contributed by atoms with E-state index in [1.165, 1.54) is 50.2 Å². The first-order valence-corrected chi connectivity index (χ1v) is 10.5. The van der Waals surface area contributed by atoms with Crippen molar-refractivity contribution >= 4 is 43.9 Å². The van der Waals surface area contributed by atoms with Gasteiger partial charge in [-0.15, -0.1) is 0 Å². The van der Waals surface area contributed by atoms with E-state index in [-0.39, 0.29) is 32.8 Å². The Labute approximate surface area is 182 Å². The molecule has 0 aromatic heterocycles. The molecule has 166 valence electrons. The van der Waals surface area contributed by atoms with Gasteiger partial charge in [0.05, 0.1) is 5.69 Å². The molecular weight excluding hydrogens is 440 g/mol. The maximum atomic E-state index is 12.8. The number of carbonyl (C=O) groups excluding carboxylic acids is 2. The fraction of sp³-hybridized carbons (Fsp3) is 0.0952. The Hall–Kier alpha value is -4.12. The third-order valence-electron chi connectivity index (χ3n) is 4.38. The van der Waals surface area contributed by atoms with Gasteiger partial charge in [-0.25, -0.2) is 0 Å². The van der Waals surface area contributed by atoms with Crippen LogP contribution in [0.4, 0.5) is 5.69 Å². The Morgan fingerprint density at radius 1 is 0.875 bits per heavy atom. The molecule has 0 radical (unpaired) electrons. The largest absolute Gasteiger partial charge is 0.505 e. The molecule has 11 heteroatoms. The van der Waals surface area contributed by atoms with Crippen molar-refractivity contribution in [3.63, 3.8) is 0 Å². The summed E-state index contributed by atoms with van der Waals surface area (Å²) in [5.41, 5.74) is 2.10. The van der Waals surface area contributed by atoms with Crippen LogP contribution < -0.4 is 9.61 Å². The van der Waals surface area contributed by atoms with E-state index in [0.717, 1.165) is 12.1 Å². The SMILES string of the molecule is CC(=O)C(=NNc1ccc2c(S(=O)(=O)Oc3c(O)cccc3O)cccc2c1O)C(C)=O. The van der Waals surface area contributed by atoms with Gasteiger partial charge in [-0.2, -0.15) is 13.5 Å². The number of hydrogen-bond acceptors (Lipinski definition) is 10. The molecule has 0 amide bonds. The Morgan fingerprint density at radius 2 is 1.47 bits per heavy atom. The molecule has 0 aliphatic heterocycles. The third-order valence-corrected chi connectivity index (χ3v) is 5.66. The highest BCUT2D eigenvalue weighted by atomic mass is 32.2. The highest BCUT2D eigenvalue weighted by Gasteiger charge is 2.24. The summed E-state index contributed by atoms with van der Waals surface area (Å²) >= 11 is 0. The molecule has 0 fully saturated rings. The molecule has 0 saturated heterocycles. The van der Waals surface area contributed by atoms with Crippen molar-refractivity contribution in [3.05, 3.63) is 48.5 Å². The van der Waals surface area contributed by atoms with Crippen molar-refractivity contribution in [2.45, 2.75) is 18.7 Å². The van der Waals surface area contributed by atoms with Crippen LogP contribution in [0.15, 0.2) is 58.5 Å². The molecule has 10 nitrogen and oxygen atoms in total. The number of Topliss-reactive ketones (excluding diaryl/α,β-unsaturated/α-hetero) is 2. The Morgan fingerprint density at radius 3 is 2.06 bits per heavy atom. The van der Waals surface area contributed by atoms with Gasteiger partial charge < -0.3 is 19.5 Å². The highest BCUT2D eigenvalue weighted by molar-refractivity contribution is 7.87. The number of nitrogens with zero attached hydrogens (tertiary/aromatic N) is 1. The number of fused-ring (bicyclic) bond motifs is 1. The average Bonchev–Trinajstić information content (AvgIpc) is 2.71. The smallest absolute Gasteiger partial charge is 0.340 e. The zero-order chi connectivity index (χ0) is 23.6. The average molecular weight is 458 g/mol. The molecular formula is C21H18N2O8S. The fourth-order valence-corrected chi connectivity index (χ4v) is 4.07. The van der Waals surface area contributed by atoms with Crippen molar-refractivity contribution in [1.29, 1.82) is 0 Å². The number of ketones is 2. The Bertz CT molecular complexity index is 1340. The van der Waals surface area contributed by atoms with Crippen LogP contribution in [0, 0.1) is 0 Å². The first-order chi connectivity index (χ1) is 15.0. The summed E-state index contributed by atoms with van der Waals surface area (Å²) in [7, 11) is -4.53. The Balaban J connectivity index is 2.06. The Kier molecular flexibility index (Phi) is 6.03. The van der Waals surface area contributed by atoms with Gasteiger partial charge in [0.15, 0.2) is 28.8 Å². The molecule has 32 heavy (non-hydrogen) atoms. The fourth-order valence-electron chi connectivity index (χ4n) is 2.90. The van der Waals surface area contributed by atoms with Crippen LogP contribution in [0.3, 0.4) is 0 Å². The predicted molar refractivity (Wildman–Crippen MR) is 116 cm³/mol. The number of benzene rings is 3. The molecule has 3 aromatic rings. The highest BCUT2D eigenvalue weighted by Crippen LogP contribution is 2.40. The van der Waals surface area contributed by atoms with Crippen LogP contribution >= 0.6 is 0 Å². The molecule has 0 heterocycles. The summed E-state index contributed by atoms with van der Waals surface area (Å²) in [4.78, 5) is 22.6. The monoisotopic (exact) mass is 458 g/mol. The van der Waals surface area contributed by atoms with E-state index in [1.807, 2.05) is 0 Å². The maximum absolute atomic E-state index is 12.8. The number of anilines is 1. The minimum atomic E-state index is -4.53. The van der Waals surface area contributed by atoms with E-state index in [0.29, 0.717) is 0 Å². The van der Waals surface area contributed by atoms with E-state index >= 15 is 0 Å². The lowest BCUT2D eigenvalue weighted by molar-refractivity contribution is -0.114. The molecule has 0 atom stereocenters. The first kappa shape index (κ1) is 22.6. The van der Waals surface area contributed by atoms with Crippen LogP contribution in [-0.4, -0.2) is 41.0 Å². The first-order valence-electron chi connectivity index (χ1n) is 9.08. The number of hydrazone groups is 1. The minimum Gasteiger partial charge on any atom is -0.505 e. The van der Waals surface area contributed by atoms with Crippen LogP contribution in [0.5, 0.6) is 23.0 Å². The van der Waals surface area contributed by atoms with Crippen molar-refractivity contribution in [3.8, 4) is 23.0 Å². The van der Waals surface area contributed by atoms with Crippen LogP contribution in [-0.2, 0) is 19.7 Å². The number of phenolic OH excluding ortho intramolecular Hbond substituents is 3. The molecule has 0 bridgehead atoms. The van der Waals surface area contributed by atoms with Crippen molar-refractivity contribution in [1.82, 2.24) is 0 Å². The molecule has 0 unspecified atom stereocenters. The van der Waals surface area contributed by atoms with Crippen molar-refractivity contribution in [2.24, 2.45) is 5.10 Å². The lowest BCUT2D eigenvalue weighted by Gasteiger charge is -2.13. The molecule has 0 saturated carbocycles. The van der Waals surface area contributed by atoms with Gasteiger partial charge in [0.2, 0.25) is 5.75 Å². The number of phenols is 3. The van der Waals surface area contributed by atoms with Gasteiger partial charge in [0.1, 0.15) is 10.6 Å². The summed E-state index contributed by atoms with van der Waals surface area (Å²) in [6, 6.07) is 10.3. The number of hydrogen-bond donors (Lipinski definition) is 4. The predicted octanol–water partition coefficient (Wildman–Crippen LogP) is 2.67. The van der Waals surface area contributed by atoms with Gasteiger partial charge in [-0.3, -0.25) is 15.0 Å². The second-order valence-electron chi connectivity index (χ2n) is 6.66. The second-order valence-corrected chi connectivity index (χ2v) is 8.18. The molecule has 0 spiro atoms. The molecule has 4 N–H and O–H groups in total. The van der Waals surface area contributed by atoms with Crippen LogP contribution in [0.1, 0.15) is 13.8 Å². The molecule has 3 rings (SSSR count). The van der Waals surface area contributed by atoms with Gasteiger partial charge in [-0.1, -0.05) is 24.3 Å². The van der Waals surface area contributed by atoms with Crippen molar-refractivity contribution < 1.29 is 37.5 Å². The zero-order valence-corrected chi connectivity index (χ0v) is 17.7. The lowest BCUT2D eigenvalue weighted by atomic mass is 10.1. The van der Waals surface area contributed by atoms with Gasteiger partial charge >= 0.3 is 10.1 Å². The van der Waals surface area contributed by atoms with Gasteiger partial charge in [-0.05, 0) is 24.3 Å². The number of para-hydroxylation sites is 1. The number of nitrogens with one attached hydrogen (secondary N) is 1. The van der Waals surface area contributed by atoms with E-state index < -0.39 is 38.9 Å². The van der Waals surface area contributed by atoms with Gasteiger partial charge in [0, 0.05) is 24.6 Å². The van der Waals surface area contributed by atoms with E-state index in [9.17, 15) is 33.3 Å². The number of rotatable bonds is 7. The van der Waals surface area contributed by atoms with E-state index in [2.05, 4.69) is 10.5 Å².